The summed E-state index contributed by atoms with van der Waals surface area (Å²) >= 11 is 0. The van der Waals surface area contributed by atoms with Crippen molar-refractivity contribution in [2.45, 2.75) is 32.9 Å². The second-order valence-electron chi connectivity index (χ2n) is 8.34. The number of aryl methyl sites for hydroxylation is 2. The van der Waals surface area contributed by atoms with Gasteiger partial charge in [-0.3, -0.25) is 9.69 Å². The zero-order valence-electron chi connectivity index (χ0n) is 18.1. The first kappa shape index (κ1) is 20.5. The van der Waals surface area contributed by atoms with Gasteiger partial charge in [0.25, 0.3) is 0 Å². The number of fused-ring (bicyclic) bond motifs is 1. The van der Waals surface area contributed by atoms with Gasteiger partial charge in [-0.05, 0) is 67.7 Å². The molecule has 4 rings (SSSR count). The Morgan fingerprint density at radius 1 is 1.13 bits per heavy atom. The van der Waals surface area contributed by atoms with Crippen molar-refractivity contribution < 1.29 is 9.53 Å². The Morgan fingerprint density at radius 3 is 2.63 bits per heavy atom. The van der Waals surface area contributed by atoms with E-state index in [2.05, 4.69) is 59.2 Å². The van der Waals surface area contributed by atoms with E-state index in [1.54, 1.807) is 7.11 Å². The Hall–Kier alpha value is -2.79. The van der Waals surface area contributed by atoms with Gasteiger partial charge < -0.3 is 14.6 Å². The molecular formula is C25H31N3O2. The van der Waals surface area contributed by atoms with Gasteiger partial charge >= 0.3 is 0 Å². The quantitative estimate of drug-likeness (QED) is 0.674. The highest BCUT2D eigenvalue weighted by atomic mass is 16.5. The Balaban J connectivity index is 1.33. The number of hydrogen-bond acceptors (Lipinski definition) is 3. The number of rotatable bonds is 6. The number of amides is 1. The second kappa shape index (κ2) is 8.92. The lowest BCUT2D eigenvalue weighted by Gasteiger charge is -2.31. The highest BCUT2D eigenvalue weighted by Crippen LogP contribution is 2.28. The lowest BCUT2D eigenvalue weighted by atomic mass is 9.95. The number of ether oxygens (including phenoxy) is 1. The van der Waals surface area contributed by atoms with Crippen molar-refractivity contribution in [1.29, 1.82) is 0 Å². The van der Waals surface area contributed by atoms with Gasteiger partial charge in [0, 0.05) is 43.2 Å². The minimum atomic E-state index is 0.109. The smallest absolute Gasteiger partial charge is 0.223 e. The minimum absolute atomic E-state index is 0.109. The Labute approximate surface area is 178 Å². The van der Waals surface area contributed by atoms with Crippen LogP contribution in [0.1, 0.15) is 29.5 Å². The molecule has 1 aromatic heterocycles. The maximum absolute atomic E-state index is 12.6. The third kappa shape index (κ3) is 4.36. The fourth-order valence-electron chi connectivity index (χ4n) is 4.44. The third-order valence-electron chi connectivity index (χ3n) is 6.35. The van der Waals surface area contributed by atoms with Crippen LogP contribution in [0.4, 0.5) is 0 Å². The molecule has 5 nitrogen and oxygen atoms in total. The molecule has 5 heteroatoms. The molecule has 2 aromatic carbocycles. The average molecular weight is 406 g/mol. The van der Waals surface area contributed by atoms with Crippen molar-refractivity contribution in [3.05, 3.63) is 65.4 Å². The van der Waals surface area contributed by atoms with Crippen LogP contribution in [0.2, 0.25) is 0 Å². The van der Waals surface area contributed by atoms with E-state index in [0.29, 0.717) is 6.54 Å². The predicted molar refractivity (Wildman–Crippen MR) is 120 cm³/mol. The molecule has 1 N–H and O–H groups in total. The number of nitrogens with one attached hydrogen (secondary N) is 1. The van der Waals surface area contributed by atoms with Crippen LogP contribution in [0, 0.1) is 12.8 Å². The van der Waals surface area contributed by atoms with Gasteiger partial charge in [-0.25, -0.2) is 0 Å². The van der Waals surface area contributed by atoms with Gasteiger partial charge in [-0.15, -0.1) is 0 Å². The van der Waals surface area contributed by atoms with Crippen LogP contribution in [0.3, 0.4) is 0 Å². The van der Waals surface area contributed by atoms with Gasteiger partial charge in [-0.1, -0.05) is 24.3 Å². The Bertz CT molecular complexity index is 1030. The second-order valence-corrected chi connectivity index (χ2v) is 8.34. The fraction of sp³-hybridized carbons (Fsp3) is 0.400. The summed E-state index contributed by atoms with van der Waals surface area (Å²) in [4.78, 5) is 15.1. The molecule has 1 fully saturated rings. The molecule has 30 heavy (non-hydrogen) atoms. The summed E-state index contributed by atoms with van der Waals surface area (Å²) in [6.45, 7) is 5.50. The van der Waals surface area contributed by atoms with E-state index in [1.165, 1.54) is 27.6 Å². The van der Waals surface area contributed by atoms with Crippen molar-refractivity contribution in [1.82, 2.24) is 14.8 Å². The maximum Gasteiger partial charge on any atom is 0.223 e. The summed E-state index contributed by atoms with van der Waals surface area (Å²) in [5, 5.41) is 4.38. The molecule has 0 aliphatic carbocycles. The van der Waals surface area contributed by atoms with Crippen molar-refractivity contribution >= 4 is 16.8 Å². The molecule has 0 atom stereocenters. The third-order valence-corrected chi connectivity index (χ3v) is 6.35. The Kier molecular flexibility index (Phi) is 6.09. The van der Waals surface area contributed by atoms with E-state index in [4.69, 9.17) is 4.74 Å². The lowest BCUT2D eigenvalue weighted by Crippen LogP contribution is -2.40. The summed E-state index contributed by atoms with van der Waals surface area (Å²) in [5.41, 5.74) is 4.94. The van der Waals surface area contributed by atoms with Crippen LogP contribution in [0.15, 0.2) is 48.7 Å². The van der Waals surface area contributed by atoms with Gasteiger partial charge in [0.2, 0.25) is 5.91 Å². The molecule has 0 saturated carbocycles. The molecule has 1 amide bonds. The molecule has 2 heterocycles. The molecular weight excluding hydrogens is 374 g/mol. The normalized spacial score (nSPS) is 15.4. The van der Waals surface area contributed by atoms with E-state index in [0.717, 1.165) is 38.2 Å². The molecule has 1 saturated heterocycles. The number of methoxy groups -OCH3 is 1. The number of aromatic nitrogens is 1. The molecule has 1 aliphatic heterocycles. The van der Waals surface area contributed by atoms with Crippen LogP contribution in [-0.2, 0) is 24.9 Å². The van der Waals surface area contributed by atoms with Crippen molar-refractivity contribution in [2.75, 3.05) is 20.2 Å². The Morgan fingerprint density at radius 2 is 1.90 bits per heavy atom. The van der Waals surface area contributed by atoms with Crippen LogP contribution in [-0.4, -0.2) is 35.6 Å². The van der Waals surface area contributed by atoms with Gasteiger partial charge in [0.1, 0.15) is 5.75 Å². The van der Waals surface area contributed by atoms with Crippen LogP contribution < -0.4 is 10.1 Å². The van der Waals surface area contributed by atoms with Gasteiger partial charge in [-0.2, -0.15) is 0 Å². The van der Waals surface area contributed by atoms with E-state index in [-0.39, 0.29) is 11.8 Å². The average Bonchev–Trinajstić information content (AvgIpc) is 3.08. The van der Waals surface area contributed by atoms with Crippen LogP contribution >= 0.6 is 0 Å². The molecule has 0 radical (unpaired) electrons. The first-order valence-corrected chi connectivity index (χ1v) is 10.7. The lowest BCUT2D eigenvalue weighted by molar-refractivity contribution is -0.126. The summed E-state index contributed by atoms with van der Waals surface area (Å²) in [6.07, 6.45) is 4.03. The van der Waals surface area contributed by atoms with Crippen molar-refractivity contribution in [3.63, 3.8) is 0 Å². The minimum Gasteiger partial charge on any atom is -0.497 e. The molecule has 0 unspecified atom stereocenters. The highest BCUT2D eigenvalue weighted by molar-refractivity contribution is 5.85. The summed E-state index contributed by atoms with van der Waals surface area (Å²) in [7, 11) is 3.79. The molecule has 158 valence electrons. The zero-order valence-corrected chi connectivity index (χ0v) is 18.1. The summed E-state index contributed by atoms with van der Waals surface area (Å²) in [6, 6.07) is 14.5. The monoisotopic (exact) mass is 405 g/mol. The van der Waals surface area contributed by atoms with E-state index >= 15 is 0 Å². The molecule has 0 bridgehead atoms. The van der Waals surface area contributed by atoms with E-state index < -0.39 is 0 Å². The van der Waals surface area contributed by atoms with E-state index in [1.807, 2.05) is 18.2 Å². The number of carbonyl (C=O) groups excluding carboxylic acids is 1. The van der Waals surface area contributed by atoms with Gasteiger partial charge in [0.15, 0.2) is 0 Å². The largest absolute Gasteiger partial charge is 0.497 e. The van der Waals surface area contributed by atoms with E-state index in [9.17, 15) is 4.79 Å². The highest BCUT2D eigenvalue weighted by Gasteiger charge is 2.25. The predicted octanol–water partition coefficient (Wildman–Crippen LogP) is 4.02. The summed E-state index contributed by atoms with van der Waals surface area (Å²) < 4.78 is 7.59. The number of hydrogen-bond donors (Lipinski definition) is 1. The SMILES string of the molecule is COc1ccc2c(c1)c(CN1CCC(C(=O)NCc3ccccc3C)CC1)cn2C. The number of carbonyl (C=O) groups is 1. The standard InChI is InChI=1S/C25H31N3O2/c1-18-6-4-5-7-20(18)15-26-25(29)19-10-12-28(13-11-19)17-21-16-27(2)24-9-8-22(30-3)14-23(21)24/h4-9,14,16,19H,10-13,15,17H2,1-3H3,(H,26,29). The number of likely N-dealkylation sites (tertiary alicyclic amines) is 1. The first-order valence-electron chi connectivity index (χ1n) is 10.7. The van der Waals surface area contributed by atoms with Crippen molar-refractivity contribution in [2.24, 2.45) is 13.0 Å². The number of piperidine rings is 1. The first-order chi connectivity index (χ1) is 14.5. The maximum atomic E-state index is 12.6. The van der Waals surface area contributed by atoms with Crippen molar-refractivity contribution in [3.8, 4) is 5.75 Å². The van der Waals surface area contributed by atoms with Gasteiger partial charge in [0.05, 0.1) is 7.11 Å². The fourth-order valence-corrected chi connectivity index (χ4v) is 4.44. The van der Waals surface area contributed by atoms with Crippen LogP contribution in [0.5, 0.6) is 5.75 Å². The number of benzene rings is 2. The topological polar surface area (TPSA) is 46.5 Å². The molecule has 3 aromatic rings. The number of nitrogens with zero attached hydrogens (tertiary/aromatic N) is 2. The zero-order chi connectivity index (χ0) is 21.1. The van der Waals surface area contributed by atoms with Crippen LogP contribution in [0.25, 0.3) is 10.9 Å². The molecule has 0 spiro atoms. The molecule has 1 aliphatic rings. The summed E-state index contributed by atoms with van der Waals surface area (Å²) in [5.74, 6) is 1.18.